The summed E-state index contributed by atoms with van der Waals surface area (Å²) in [7, 11) is 0. The largest absolute Gasteiger partial charge is 0.251 e. The van der Waals surface area contributed by atoms with Crippen molar-refractivity contribution in [3.8, 4) is 0 Å². The first-order chi connectivity index (χ1) is 10.3. The number of alkyl halides is 1. The third-order valence-corrected chi connectivity index (χ3v) is 6.17. The van der Waals surface area contributed by atoms with E-state index in [9.17, 15) is 4.39 Å². The van der Waals surface area contributed by atoms with Crippen LogP contribution in [-0.4, -0.2) is 6.67 Å². The molecule has 0 saturated heterocycles. The number of hydrogen-bond donors (Lipinski definition) is 0. The topological polar surface area (TPSA) is 0 Å². The van der Waals surface area contributed by atoms with E-state index in [0.717, 1.165) is 30.1 Å². The zero-order valence-electron chi connectivity index (χ0n) is 14.0. The van der Waals surface area contributed by atoms with Gasteiger partial charge in [-0.2, -0.15) is 0 Å². The SMILES string of the molecule is CC[C@H]1CC[C@H]([C@H]2CC[C@H](CC=CCCCF)CC2)CC1. The minimum Gasteiger partial charge on any atom is -0.251 e. The second kappa shape index (κ2) is 9.64. The van der Waals surface area contributed by atoms with Crippen LogP contribution in [0.2, 0.25) is 0 Å². The number of hydrogen-bond acceptors (Lipinski definition) is 0. The van der Waals surface area contributed by atoms with E-state index in [0.29, 0.717) is 6.42 Å². The van der Waals surface area contributed by atoms with E-state index in [4.69, 9.17) is 0 Å². The van der Waals surface area contributed by atoms with Crippen LogP contribution in [-0.2, 0) is 0 Å². The molecule has 0 amide bonds. The maximum Gasteiger partial charge on any atom is 0.0897 e. The van der Waals surface area contributed by atoms with Crippen molar-refractivity contribution in [1.82, 2.24) is 0 Å². The van der Waals surface area contributed by atoms with Gasteiger partial charge in [0.25, 0.3) is 0 Å². The van der Waals surface area contributed by atoms with Crippen LogP contribution in [0.1, 0.15) is 84.0 Å². The molecule has 0 spiro atoms. The molecule has 2 aliphatic carbocycles. The second-order valence-corrected chi connectivity index (χ2v) is 7.51. The second-order valence-electron chi connectivity index (χ2n) is 7.51. The van der Waals surface area contributed by atoms with Crippen molar-refractivity contribution >= 4 is 0 Å². The Kier molecular flexibility index (Phi) is 7.82. The molecule has 0 aromatic carbocycles. The lowest BCUT2D eigenvalue weighted by Gasteiger charge is -2.37. The molecule has 0 radical (unpaired) electrons. The summed E-state index contributed by atoms with van der Waals surface area (Å²) in [5, 5.41) is 0. The molecule has 0 bridgehead atoms. The lowest BCUT2D eigenvalue weighted by atomic mass is 9.68. The minimum absolute atomic E-state index is 0.171. The van der Waals surface area contributed by atoms with Gasteiger partial charge in [-0.3, -0.25) is 4.39 Å². The van der Waals surface area contributed by atoms with E-state index in [1.807, 2.05) is 0 Å². The van der Waals surface area contributed by atoms with E-state index in [2.05, 4.69) is 19.1 Å². The first kappa shape index (κ1) is 17.0. The van der Waals surface area contributed by atoms with Crippen molar-refractivity contribution in [2.24, 2.45) is 23.7 Å². The van der Waals surface area contributed by atoms with Gasteiger partial charge < -0.3 is 0 Å². The number of halogens is 1. The predicted molar refractivity (Wildman–Crippen MR) is 90.2 cm³/mol. The summed E-state index contributed by atoms with van der Waals surface area (Å²) in [5.41, 5.74) is 0. The van der Waals surface area contributed by atoms with Crippen molar-refractivity contribution in [2.45, 2.75) is 84.0 Å². The van der Waals surface area contributed by atoms with Gasteiger partial charge in [0.15, 0.2) is 0 Å². The van der Waals surface area contributed by atoms with Crippen LogP contribution in [0.5, 0.6) is 0 Å². The normalized spacial score (nSPS) is 34.4. The maximum absolute atomic E-state index is 12.0. The molecular weight excluding hydrogens is 259 g/mol. The van der Waals surface area contributed by atoms with Crippen molar-refractivity contribution in [1.29, 1.82) is 0 Å². The molecule has 1 heteroatoms. The van der Waals surface area contributed by atoms with Gasteiger partial charge in [0.1, 0.15) is 0 Å². The molecule has 0 aliphatic heterocycles. The van der Waals surface area contributed by atoms with Crippen molar-refractivity contribution in [3.05, 3.63) is 12.2 Å². The molecule has 2 aliphatic rings. The Hall–Kier alpha value is -0.330. The van der Waals surface area contributed by atoms with Crippen LogP contribution in [0.3, 0.4) is 0 Å². The summed E-state index contributed by atoms with van der Waals surface area (Å²) in [4.78, 5) is 0. The van der Waals surface area contributed by atoms with Gasteiger partial charge in [-0.25, -0.2) is 0 Å². The highest BCUT2D eigenvalue weighted by Crippen LogP contribution is 2.42. The monoisotopic (exact) mass is 294 g/mol. The summed E-state index contributed by atoms with van der Waals surface area (Å²) >= 11 is 0. The molecule has 2 saturated carbocycles. The molecule has 122 valence electrons. The highest BCUT2D eigenvalue weighted by Gasteiger charge is 2.29. The average Bonchev–Trinajstić information content (AvgIpc) is 2.55. The van der Waals surface area contributed by atoms with Crippen LogP contribution in [0.25, 0.3) is 0 Å². The third kappa shape index (κ3) is 5.75. The number of rotatable bonds is 7. The van der Waals surface area contributed by atoms with Gasteiger partial charge in [-0.15, -0.1) is 0 Å². The zero-order chi connectivity index (χ0) is 14.9. The van der Waals surface area contributed by atoms with E-state index >= 15 is 0 Å². The maximum atomic E-state index is 12.0. The Morgan fingerprint density at radius 1 is 0.810 bits per heavy atom. The first-order valence-electron chi connectivity index (χ1n) is 9.54. The summed E-state index contributed by atoms with van der Waals surface area (Å²) < 4.78 is 12.0. The average molecular weight is 294 g/mol. The molecule has 0 atom stereocenters. The Bertz CT molecular complexity index is 280. The van der Waals surface area contributed by atoms with Crippen molar-refractivity contribution in [3.63, 3.8) is 0 Å². The molecule has 2 rings (SSSR count). The molecule has 0 nitrogen and oxygen atoms in total. The molecule has 0 unspecified atom stereocenters. The fourth-order valence-corrected chi connectivity index (χ4v) is 4.56. The lowest BCUT2D eigenvalue weighted by Crippen LogP contribution is -2.25. The van der Waals surface area contributed by atoms with Gasteiger partial charge in [0, 0.05) is 0 Å². The molecule has 2 fully saturated rings. The van der Waals surface area contributed by atoms with Gasteiger partial charge >= 0.3 is 0 Å². The Morgan fingerprint density at radius 2 is 1.38 bits per heavy atom. The summed E-state index contributed by atoms with van der Waals surface area (Å²) in [6, 6.07) is 0. The molecule has 21 heavy (non-hydrogen) atoms. The standard InChI is InChI=1S/C20H35F/c1-2-17-8-12-19(13-9-17)20-14-10-18(11-15-20)7-5-3-4-6-16-21/h3,5,17-20H,2,4,6-16H2,1H3/t17-,18-,19-,20-. The quantitative estimate of drug-likeness (QED) is 0.362. The van der Waals surface area contributed by atoms with Crippen LogP contribution < -0.4 is 0 Å². The van der Waals surface area contributed by atoms with Crippen LogP contribution >= 0.6 is 0 Å². The summed E-state index contributed by atoms with van der Waals surface area (Å²) in [6.45, 7) is 2.19. The Balaban J connectivity index is 1.61. The highest BCUT2D eigenvalue weighted by molar-refractivity contribution is 4.87. The van der Waals surface area contributed by atoms with Crippen LogP contribution in [0.15, 0.2) is 12.2 Å². The van der Waals surface area contributed by atoms with E-state index in [-0.39, 0.29) is 6.67 Å². The van der Waals surface area contributed by atoms with Crippen LogP contribution in [0.4, 0.5) is 4.39 Å². The van der Waals surface area contributed by atoms with Crippen molar-refractivity contribution < 1.29 is 4.39 Å². The van der Waals surface area contributed by atoms with E-state index in [1.165, 1.54) is 64.2 Å². The van der Waals surface area contributed by atoms with Gasteiger partial charge in [-0.05, 0) is 81.5 Å². The molecule has 0 aromatic heterocycles. The Morgan fingerprint density at radius 3 is 1.90 bits per heavy atom. The highest BCUT2D eigenvalue weighted by atomic mass is 19.1. The lowest BCUT2D eigenvalue weighted by molar-refractivity contribution is 0.145. The minimum atomic E-state index is -0.171. The Labute approximate surface area is 131 Å². The molecule has 0 heterocycles. The fraction of sp³-hybridized carbons (Fsp3) is 0.900. The smallest absolute Gasteiger partial charge is 0.0897 e. The third-order valence-electron chi connectivity index (χ3n) is 6.17. The molecule has 0 aromatic rings. The van der Waals surface area contributed by atoms with E-state index < -0.39 is 0 Å². The summed E-state index contributed by atoms with van der Waals surface area (Å²) in [6.07, 6.45) is 20.6. The predicted octanol–water partition coefficient (Wildman–Crippen LogP) is 6.71. The van der Waals surface area contributed by atoms with Crippen molar-refractivity contribution in [2.75, 3.05) is 6.67 Å². The zero-order valence-corrected chi connectivity index (χ0v) is 14.0. The number of allylic oxidation sites excluding steroid dienone is 2. The van der Waals surface area contributed by atoms with E-state index in [1.54, 1.807) is 0 Å². The molecular formula is C20H35F. The van der Waals surface area contributed by atoms with Gasteiger partial charge in [0.05, 0.1) is 6.67 Å². The fourth-order valence-electron chi connectivity index (χ4n) is 4.56. The van der Waals surface area contributed by atoms with Gasteiger partial charge in [0.2, 0.25) is 0 Å². The summed E-state index contributed by atoms with van der Waals surface area (Å²) in [5.74, 6) is 4.03. The van der Waals surface area contributed by atoms with Crippen LogP contribution in [0, 0.1) is 23.7 Å². The van der Waals surface area contributed by atoms with Gasteiger partial charge in [-0.1, -0.05) is 38.3 Å². The molecule has 0 N–H and O–H groups in total. The number of unbranched alkanes of at least 4 members (excludes halogenated alkanes) is 1. The first-order valence-corrected chi connectivity index (χ1v) is 9.54.